The summed E-state index contributed by atoms with van der Waals surface area (Å²) in [5.74, 6) is -0.433. The molecule has 1 aromatic heterocycles. The third-order valence-corrected chi connectivity index (χ3v) is 4.66. The number of benzene rings is 1. The van der Waals surface area contributed by atoms with Crippen LogP contribution in [0.3, 0.4) is 0 Å². The first kappa shape index (κ1) is 17.8. The molecule has 24 heavy (non-hydrogen) atoms. The highest BCUT2D eigenvalue weighted by Crippen LogP contribution is 2.33. The monoisotopic (exact) mass is 365 g/mol. The Labute approximate surface area is 147 Å². The molecule has 0 fully saturated rings. The number of carbonyl (C=O) groups excluding carboxylic acids is 1. The van der Waals surface area contributed by atoms with Gasteiger partial charge in [0, 0.05) is 22.7 Å². The lowest BCUT2D eigenvalue weighted by Crippen LogP contribution is -2.20. The predicted molar refractivity (Wildman–Crippen MR) is 98.1 cm³/mol. The van der Waals surface area contributed by atoms with Crippen LogP contribution in [-0.4, -0.2) is 23.1 Å². The molecule has 9 heteroatoms. The number of aryl methyl sites for hydroxylation is 1. The molecule has 1 aromatic carbocycles. The number of nitro groups is 1. The standard InChI is InChI=1S/C15H15N3O4S2/c1-8-9(2)24-13(12(8)14(19)22-3)17-15(23)16-10-4-6-11(7-5-10)18(20)21/h4-7H,1-3H3,(H2,16,17,23). The highest BCUT2D eigenvalue weighted by Gasteiger charge is 2.20. The van der Waals surface area contributed by atoms with Crippen LogP contribution in [0.15, 0.2) is 24.3 Å². The summed E-state index contributed by atoms with van der Waals surface area (Å²) in [6.07, 6.45) is 0. The van der Waals surface area contributed by atoms with Gasteiger partial charge in [0.05, 0.1) is 17.6 Å². The summed E-state index contributed by atoms with van der Waals surface area (Å²) < 4.78 is 4.81. The van der Waals surface area contributed by atoms with Gasteiger partial charge in [-0.2, -0.15) is 0 Å². The highest BCUT2D eigenvalue weighted by atomic mass is 32.1. The lowest BCUT2D eigenvalue weighted by molar-refractivity contribution is -0.384. The van der Waals surface area contributed by atoms with Gasteiger partial charge < -0.3 is 15.4 Å². The van der Waals surface area contributed by atoms with Crippen LogP contribution in [0.5, 0.6) is 0 Å². The molecule has 0 radical (unpaired) electrons. The Bertz CT molecular complexity index is 800. The van der Waals surface area contributed by atoms with Crippen molar-refractivity contribution in [2.75, 3.05) is 17.7 Å². The molecule has 0 amide bonds. The molecule has 0 bridgehead atoms. The van der Waals surface area contributed by atoms with Crippen LogP contribution in [0.2, 0.25) is 0 Å². The van der Waals surface area contributed by atoms with E-state index in [-0.39, 0.29) is 10.8 Å². The summed E-state index contributed by atoms with van der Waals surface area (Å²) in [7, 11) is 1.33. The highest BCUT2D eigenvalue weighted by molar-refractivity contribution is 7.80. The van der Waals surface area contributed by atoms with Crippen LogP contribution < -0.4 is 10.6 Å². The number of thiocarbonyl (C=S) groups is 1. The third kappa shape index (κ3) is 3.87. The number of rotatable bonds is 4. The van der Waals surface area contributed by atoms with Crippen molar-refractivity contribution in [3.05, 3.63) is 50.4 Å². The van der Waals surface area contributed by atoms with Crippen molar-refractivity contribution in [3.63, 3.8) is 0 Å². The van der Waals surface area contributed by atoms with Gasteiger partial charge in [0.25, 0.3) is 5.69 Å². The largest absolute Gasteiger partial charge is 0.465 e. The van der Waals surface area contributed by atoms with E-state index < -0.39 is 10.9 Å². The maximum Gasteiger partial charge on any atom is 0.341 e. The number of non-ortho nitro benzene ring substituents is 1. The van der Waals surface area contributed by atoms with Gasteiger partial charge in [-0.25, -0.2) is 4.79 Å². The fourth-order valence-electron chi connectivity index (χ4n) is 1.99. The Morgan fingerprint density at radius 3 is 2.42 bits per heavy atom. The number of anilines is 2. The quantitative estimate of drug-likeness (QED) is 0.368. The number of nitrogens with zero attached hydrogens (tertiary/aromatic N) is 1. The molecule has 0 aliphatic heterocycles. The number of esters is 1. The van der Waals surface area contributed by atoms with E-state index in [1.54, 1.807) is 12.1 Å². The number of nitrogens with one attached hydrogen (secondary N) is 2. The average molecular weight is 365 g/mol. The molecule has 0 spiro atoms. The number of thiophene rings is 1. The molecule has 2 aromatic rings. The van der Waals surface area contributed by atoms with Crippen LogP contribution >= 0.6 is 23.6 Å². The van der Waals surface area contributed by atoms with Gasteiger partial charge >= 0.3 is 5.97 Å². The molecule has 0 aliphatic carbocycles. The normalized spacial score (nSPS) is 10.1. The number of hydrogen-bond acceptors (Lipinski definition) is 6. The van der Waals surface area contributed by atoms with Gasteiger partial charge in [-0.05, 0) is 43.8 Å². The van der Waals surface area contributed by atoms with E-state index in [1.165, 1.54) is 30.6 Å². The van der Waals surface area contributed by atoms with Gasteiger partial charge in [0.2, 0.25) is 0 Å². The van der Waals surface area contributed by atoms with E-state index in [9.17, 15) is 14.9 Å². The zero-order valence-electron chi connectivity index (χ0n) is 13.2. The average Bonchev–Trinajstić information content (AvgIpc) is 2.81. The van der Waals surface area contributed by atoms with Crippen molar-refractivity contribution in [1.82, 2.24) is 0 Å². The second-order valence-corrected chi connectivity index (χ2v) is 6.50. The summed E-state index contributed by atoms with van der Waals surface area (Å²) in [5, 5.41) is 17.4. The van der Waals surface area contributed by atoms with Crippen molar-refractivity contribution < 1.29 is 14.5 Å². The molecule has 0 saturated carbocycles. The lowest BCUT2D eigenvalue weighted by atomic mass is 10.1. The number of carbonyl (C=O) groups is 1. The summed E-state index contributed by atoms with van der Waals surface area (Å²) >= 11 is 6.64. The Balaban J connectivity index is 2.14. The van der Waals surface area contributed by atoms with Crippen LogP contribution in [0.25, 0.3) is 0 Å². The second-order valence-electron chi connectivity index (χ2n) is 4.86. The van der Waals surface area contributed by atoms with E-state index in [2.05, 4.69) is 10.6 Å². The van der Waals surface area contributed by atoms with Gasteiger partial charge in [-0.3, -0.25) is 10.1 Å². The minimum atomic E-state index is -0.472. The van der Waals surface area contributed by atoms with Gasteiger partial charge in [-0.15, -0.1) is 11.3 Å². The fourth-order valence-corrected chi connectivity index (χ4v) is 3.33. The Kier molecular flexibility index (Phi) is 5.47. The van der Waals surface area contributed by atoms with E-state index in [0.29, 0.717) is 16.3 Å². The molecule has 0 saturated heterocycles. The van der Waals surface area contributed by atoms with Crippen LogP contribution in [0.4, 0.5) is 16.4 Å². The number of hydrogen-bond donors (Lipinski definition) is 2. The molecule has 0 aliphatic rings. The summed E-state index contributed by atoms with van der Waals surface area (Å²) in [6, 6.07) is 5.87. The number of methoxy groups -OCH3 is 1. The van der Waals surface area contributed by atoms with Crippen molar-refractivity contribution in [2.45, 2.75) is 13.8 Å². The molecule has 2 rings (SSSR count). The zero-order valence-corrected chi connectivity index (χ0v) is 14.8. The maximum atomic E-state index is 11.9. The first-order chi connectivity index (χ1) is 11.3. The van der Waals surface area contributed by atoms with Crippen LogP contribution in [0, 0.1) is 24.0 Å². The number of ether oxygens (including phenoxy) is 1. The lowest BCUT2D eigenvalue weighted by Gasteiger charge is -2.10. The summed E-state index contributed by atoms with van der Waals surface area (Å²) in [4.78, 5) is 23.1. The minimum Gasteiger partial charge on any atom is -0.465 e. The minimum absolute atomic E-state index is 0.00286. The SMILES string of the molecule is COC(=O)c1c(NC(=S)Nc2ccc([N+](=O)[O-])cc2)sc(C)c1C. The van der Waals surface area contributed by atoms with E-state index >= 15 is 0 Å². The van der Waals surface area contributed by atoms with E-state index in [1.807, 2.05) is 13.8 Å². The first-order valence-electron chi connectivity index (χ1n) is 6.84. The Morgan fingerprint density at radius 1 is 1.25 bits per heavy atom. The van der Waals surface area contributed by atoms with Crippen molar-refractivity contribution in [3.8, 4) is 0 Å². The maximum absolute atomic E-state index is 11.9. The van der Waals surface area contributed by atoms with Gasteiger partial charge in [-0.1, -0.05) is 0 Å². The van der Waals surface area contributed by atoms with E-state index in [4.69, 9.17) is 17.0 Å². The Morgan fingerprint density at radius 2 is 1.88 bits per heavy atom. The molecule has 2 N–H and O–H groups in total. The topological polar surface area (TPSA) is 93.5 Å². The van der Waals surface area contributed by atoms with Crippen LogP contribution in [0.1, 0.15) is 20.8 Å². The predicted octanol–water partition coefficient (Wildman–Crippen LogP) is 3.87. The van der Waals surface area contributed by atoms with Crippen molar-refractivity contribution in [1.29, 1.82) is 0 Å². The van der Waals surface area contributed by atoms with Crippen LogP contribution in [-0.2, 0) is 4.74 Å². The molecule has 0 atom stereocenters. The molecule has 1 heterocycles. The molecule has 0 unspecified atom stereocenters. The Hall–Kier alpha value is -2.52. The zero-order chi connectivity index (χ0) is 17.9. The fraction of sp³-hybridized carbons (Fsp3) is 0.200. The molecule has 126 valence electrons. The second kappa shape index (κ2) is 7.37. The summed E-state index contributed by atoms with van der Waals surface area (Å²) in [6.45, 7) is 3.75. The first-order valence-corrected chi connectivity index (χ1v) is 8.06. The van der Waals surface area contributed by atoms with E-state index in [0.717, 1.165) is 10.4 Å². The molecular formula is C15H15N3O4S2. The van der Waals surface area contributed by atoms with Crippen molar-refractivity contribution >= 4 is 51.0 Å². The van der Waals surface area contributed by atoms with Gasteiger partial charge in [0.1, 0.15) is 5.00 Å². The summed E-state index contributed by atoms with van der Waals surface area (Å²) in [5.41, 5.74) is 1.89. The van der Waals surface area contributed by atoms with Crippen molar-refractivity contribution in [2.24, 2.45) is 0 Å². The number of nitro benzene ring substituents is 1. The smallest absolute Gasteiger partial charge is 0.341 e. The third-order valence-electron chi connectivity index (χ3n) is 3.34. The molecular weight excluding hydrogens is 350 g/mol. The van der Waals surface area contributed by atoms with Gasteiger partial charge in [0.15, 0.2) is 5.11 Å². The molecule has 7 nitrogen and oxygen atoms in total.